The predicted molar refractivity (Wildman–Crippen MR) is 54.2 cm³/mol. The Morgan fingerprint density at radius 2 is 2.29 bits per heavy atom. The van der Waals surface area contributed by atoms with Crippen LogP contribution < -0.4 is 5.32 Å². The third kappa shape index (κ3) is 2.20. The number of hydrogen-bond acceptors (Lipinski definition) is 4. The molecule has 14 heavy (non-hydrogen) atoms. The number of rotatable bonds is 2. The highest BCUT2D eigenvalue weighted by atomic mass is 16.5. The van der Waals surface area contributed by atoms with E-state index in [-0.39, 0.29) is 0 Å². The lowest BCUT2D eigenvalue weighted by molar-refractivity contribution is 0.0875. The van der Waals surface area contributed by atoms with Gasteiger partial charge in [0, 0.05) is 19.0 Å². The van der Waals surface area contributed by atoms with Gasteiger partial charge >= 0.3 is 0 Å². The first kappa shape index (κ1) is 9.40. The summed E-state index contributed by atoms with van der Waals surface area (Å²) in [7, 11) is 0. The van der Waals surface area contributed by atoms with E-state index in [0.717, 1.165) is 37.6 Å². The van der Waals surface area contributed by atoms with Gasteiger partial charge in [-0.2, -0.15) is 0 Å². The van der Waals surface area contributed by atoms with E-state index in [2.05, 4.69) is 15.3 Å². The zero-order valence-corrected chi connectivity index (χ0v) is 8.36. The summed E-state index contributed by atoms with van der Waals surface area (Å²) in [5.74, 6) is 0.878. The minimum absolute atomic E-state index is 0.388. The topological polar surface area (TPSA) is 47.0 Å². The normalized spacial score (nSPS) is 21.9. The Morgan fingerprint density at radius 1 is 1.43 bits per heavy atom. The second kappa shape index (κ2) is 4.37. The molecule has 4 nitrogen and oxygen atoms in total. The van der Waals surface area contributed by atoms with Crippen LogP contribution in [0.25, 0.3) is 0 Å². The molecular formula is C10H15N3O. The van der Waals surface area contributed by atoms with Gasteiger partial charge in [0.25, 0.3) is 0 Å². The third-order valence-electron chi connectivity index (χ3n) is 2.38. The van der Waals surface area contributed by atoms with Crippen molar-refractivity contribution < 1.29 is 4.74 Å². The van der Waals surface area contributed by atoms with E-state index in [1.807, 2.05) is 6.92 Å². The SMILES string of the molecule is Cc1nccnc1N[C@H]1CCCOC1. The minimum atomic E-state index is 0.388. The molecule has 1 N–H and O–H groups in total. The van der Waals surface area contributed by atoms with Crippen LogP contribution in [0.15, 0.2) is 12.4 Å². The molecule has 1 saturated heterocycles. The summed E-state index contributed by atoms with van der Waals surface area (Å²) >= 11 is 0. The summed E-state index contributed by atoms with van der Waals surface area (Å²) in [5.41, 5.74) is 0.943. The highest BCUT2D eigenvalue weighted by Gasteiger charge is 2.14. The van der Waals surface area contributed by atoms with Crippen LogP contribution in [0.4, 0.5) is 5.82 Å². The molecule has 0 aromatic carbocycles. The Hall–Kier alpha value is -1.16. The van der Waals surface area contributed by atoms with Crippen LogP contribution in [0.2, 0.25) is 0 Å². The van der Waals surface area contributed by atoms with Gasteiger partial charge in [-0.15, -0.1) is 0 Å². The summed E-state index contributed by atoms with van der Waals surface area (Å²) in [6.07, 6.45) is 5.68. The van der Waals surface area contributed by atoms with Gasteiger partial charge in [-0.05, 0) is 19.8 Å². The second-order valence-corrected chi connectivity index (χ2v) is 3.55. The highest BCUT2D eigenvalue weighted by molar-refractivity contribution is 5.39. The van der Waals surface area contributed by atoms with Gasteiger partial charge in [0.15, 0.2) is 0 Å². The number of hydrogen-bond donors (Lipinski definition) is 1. The van der Waals surface area contributed by atoms with E-state index in [4.69, 9.17) is 4.74 Å². The zero-order valence-electron chi connectivity index (χ0n) is 8.36. The number of aryl methyl sites for hydroxylation is 1. The zero-order chi connectivity index (χ0) is 9.80. The maximum atomic E-state index is 5.38. The van der Waals surface area contributed by atoms with Crippen LogP contribution in [0, 0.1) is 6.92 Å². The quantitative estimate of drug-likeness (QED) is 0.770. The number of anilines is 1. The van der Waals surface area contributed by atoms with Gasteiger partial charge in [0.1, 0.15) is 5.82 Å². The van der Waals surface area contributed by atoms with Crippen LogP contribution in [0.3, 0.4) is 0 Å². The molecule has 0 amide bonds. The van der Waals surface area contributed by atoms with Gasteiger partial charge in [-0.25, -0.2) is 4.98 Å². The van der Waals surface area contributed by atoms with Gasteiger partial charge in [0.05, 0.1) is 18.3 Å². The van der Waals surface area contributed by atoms with Crippen LogP contribution >= 0.6 is 0 Å². The Balaban J connectivity index is 1.99. The maximum Gasteiger partial charge on any atom is 0.147 e. The van der Waals surface area contributed by atoms with Crippen molar-refractivity contribution in [1.82, 2.24) is 9.97 Å². The molecule has 1 atom stereocenters. The summed E-state index contributed by atoms with van der Waals surface area (Å²) in [6, 6.07) is 0.388. The highest BCUT2D eigenvalue weighted by Crippen LogP contribution is 2.13. The fourth-order valence-corrected chi connectivity index (χ4v) is 1.60. The van der Waals surface area contributed by atoms with E-state index >= 15 is 0 Å². The molecular weight excluding hydrogens is 178 g/mol. The Bertz CT molecular complexity index is 297. The van der Waals surface area contributed by atoms with Crippen molar-refractivity contribution in [3.8, 4) is 0 Å². The van der Waals surface area contributed by atoms with E-state index in [0.29, 0.717) is 6.04 Å². The van der Waals surface area contributed by atoms with Gasteiger partial charge in [-0.3, -0.25) is 4.98 Å². The number of ether oxygens (including phenoxy) is 1. The molecule has 1 aliphatic heterocycles. The molecule has 0 bridgehead atoms. The van der Waals surface area contributed by atoms with E-state index in [9.17, 15) is 0 Å². The molecule has 0 unspecified atom stereocenters. The van der Waals surface area contributed by atoms with E-state index < -0.39 is 0 Å². The van der Waals surface area contributed by atoms with Gasteiger partial charge in [-0.1, -0.05) is 0 Å². The van der Waals surface area contributed by atoms with Gasteiger partial charge < -0.3 is 10.1 Å². The van der Waals surface area contributed by atoms with Crippen molar-refractivity contribution >= 4 is 5.82 Å². The fraction of sp³-hybridized carbons (Fsp3) is 0.600. The summed E-state index contributed by atoms with van der Waals surface area (Å²) < 4.78 is 5.38. The first-order chi connectivity index (χ1) is 6.86. The summed E-state index contributed by atoms with van der Waals surface area (Å²) in [6.45, 7) is 3.62. The van der Waals surface area contributed by atoms with Crippen molar-refractivity contribution in [2.24, 2.45) is 0 Å². The smallest absolute Gasteiger partial charge is 0.147 e. The van der Waals surface area contributed by atoms with Crippen LogP contribution in [0.1, 0.15) is 18.5 Å². The predicted octanol–water partition coefficient (Wildman–Crippen LogP) is 1.38. The van der Waals surface area contributed by atoms with Crippen molar-refractivity contribution in [2.45, 2.75) is 25.8 Å². The second-order valence-electron chi connectivity index (χ2n) is 3.55. The van der Waals surface area contributed by atoms with Crippen molar-refractivity contribution in [3.05, 3.63) is 18.1 Å². The molecule has 1 aliphatic rings. The largest absolute Gasteiger partial charge is 0.379 e. The molecule has 0 spiro atoms. The van der Waals surface area contributed by atoms with E-state index in [1.165, 1.54) is 0 Å². The molecule has 4 heteroatoms. The number of aromatic nitrogens is 2. The first-order valence-corrected chi connectivity index (χ1v) is 4.98. The molecule has 2 heterocycles. The van der Waals surface area contributed by atoms with Gasteiger partial charge in [0.2, 0.25) is 0 Å². The molecule has 0 aliphatic carbocycles. The van der Waals surface area contributed by atoms with Crippen molar-refractivity contribution in [3.63, 3.8) is 0 Å². The monoisotopic (exact) mass is 193 g/mol. The number of nitrogens with zero attached hydrogens (tertiary/aromatic N) is 2. The molecule has 1 aromatic rings. The minimum Gasteiger partial charge on any atom is -0.379 e. The van der Waals surface area contributed by atoms with Crippen molar-refractivity contribution in [1.29, 1.82) is 0 Å². The summed E-state index contributed by atoms with van der Waals surface area (Å²) in [4.78, 5) is 8.42. The Morgan fingerprint density at radius 3 is 3.00 bits per heavy atom. The third-order valence-corrected chi connectivity index (χ3v) is 2.38. The lowest BCUT2D eigenvalue weighted by atomic mass is 10.1. The molecule has 76 valence electrons. The molecule has 1 fully saturated rings. The standard InChI is InChI=1S/C10H15N3O/c1-8-10(12-5-4-11-8)13-9-3-2-6-14-7-9/h4-5,9H,2-3,6-7H2,1H3,(H,12,13)/t9-/m0/s1. The molecule has 1 aromatic heterocycles. The summed E-state index contributed by atoms with van der Waals surface area (Å²) in [5, 5.41) is 3.35. The number of nitrogens with one attached hydrogen (secondary N) is 1. The lowest BCUT2D eigenvalue weighted by Gasteiger charge is -2.23. The average Bonchev–Trinajstić information content (AvgIpc) is 2.23. The first-order valence-electron chi connectivity index (χ1n) is 4.98. The van der Waals surface area contributed by atoms with Crippen LogP contribution in [0.5, 0.6) is 0 Å². The lowest BCUT2D eigenvalue weighted by Crippen LogP contribution is -2.30. The molecule has 0 radical (unpaired) electrons. The van der Waals surface area contributed by atoms with Crippen LogP contribution in [-0.2, 0) is 4.74 Å². The molecule has 0 saturated carbocycles. The fourth-order valence-electron chi connectivity index (χ4n) is 1.60. The van der Waals surface area contributed by atoms with Crippen LogP contribution in [-0.4, -0.2) is 29.2 Å². The Labute approximate surface area is 83.7 Å². The van der Waals surface area contributed by atoms with E-state index in [1.54, 1.807) is 12.4 Å². The average molecular weight is 193 g/mol. The maximum absolute atomic E-state index is 5.38. The Kier molecular flexibility index (Phi) is 2.93. The van der Waals surface area contributed by atoms with Crippen molar-refractivity contribution in [2.75, 3.05) is 18.5 Å². The molecule has 2 rings (SSSR count).